The number of piperazine rings is 1. The van der Waals surface area contributed by atoms with Crippen molar-refractivity contribution in [3.8, 4) is 11.8 Å². The molecule has 17 heteroatoms. The highest BCUT2D eigenvalue weighted by atomic mass is 35.5. The number of piperidine rings is 1. The van der Waals surface area contributed by atoms with Crippen molar-refractivity contribution >= 4 is 46.6 Å². The SMILES string of the molecule is CCNC(=O)C[C@@H]1N=C(c2ccc(N3CCC(CN4CCN(C5NCC(C(=O)NC6C(C)(C)C(Oc7ccc(C#N)c(Cl)c7)C6(C)C)CN5C5CCCCCC5)CC4)CC3)cc2)C2C(C)C(C)SC2N2C1NN(C1CCCCC1)C2C. The van der Waals surface area contributed by atoms with Gasteiger partial charge in [0.1, 0.15) is 24.2 Å². The van der Waals surface area contributed by atoms with Crippen molar-refractivity contribution < 1.29 is 14.3 Å². The molecule has 4 N–H and O–H groups in total. The van der Waals surface area contributed by atoms with E-state index in [1.54, 1.807) is 12.1 Å². The molecule has 6 aliphatic heterocycles. The van der Waals surface area contributed by atoms with E-state index < -0.39 is 0 Å². The topological polar surface area (TPSA) is 147 Å². The summed E-state index contributed by atoms with van der Waals surface area (Å²) < 4.78 is 6.56. The molecule has 444 valence electrons. The Balaban J connectivity index is 0.689. The van der Waals surface area contributed by atoms with Crippen molar-refractivity contribution in [3.63, 3.8) is 0 Å². The van der Waals surface area contributed by atoms with E-state index in [0.29, 0.717) is 65.0 Å². The molecule has 2 aromatic rings. The molecule has 0 bridgehead atoms. The van der Waals surface area contributed by atoms with Crippen LogP contribution in [0.3, 0.4) is 0 Å². The summed E-state index contributed by atoms with van der Waals surface area (Å²) >= 11 is 8.51. The number of amides is 2. The normalized spacial score (nSPS) is 34.0. The zero-order valence-electron chi connectivity index (χ0n) is 50.2. The molecule has 9 aliphatic rings. The number of carbonyl (C=O) groups excluding carboxylic acids is 2. The Morgan fingerprint density at radius 3 is 2.19 bits per heavy atom. The minimum absolute atomic E-state index is 0.0186. The second-order valence-electron chi connectivity index (χ2n) is 27.2. The third-order valence-corrected chi connectivity index (χ3v) is 23.2. The summed E-state index contributed by atoms with van der Waals surface area (Å²) in [6, 6.07) is 17.5. The van der Waals surface area contributed by atoms with E-state index in [1.807, 2.05) is 13.0 Å². The first-order valence-electron chi connectivity index (χ1n) is 31.8. The molecule has 2 amide bonds. The van der Waals surface area contributed by atoms with Crippen LogP contribution in [0.5, 0.6) is 5.75 Å². The van der Waals surface area contributed by atoms with Gasteiger partial charge in [-0.25, -0.2) is 10.4 Å². The maximum absolute atomic E-state index is 14.4. The summed E-state index contributed by atoms with van der Waals surface area (Å²) in [5.41, 5.74) is 7.52. The Morgan fingerprint density at radius 1 is 0.864 bits per heavy atom. The summed E-state index contributed by atoms with van der Waals surface area (Å²) in [7, 11) is 0. The van der Waals surface area contributed by atoms with E-state index in [0.717, 1.165) is 52.4 Å². The van der Waals surface area contributed by atoms with Gasteiger partial charge in [0.15, 0.2) is 0 Å². The third kappa shape index (κ3) is 12.2. The fourth-order valence-electron chi connectivity index (χ4n) is 16.8. The van der Waals surface area contributed by atoms with Crippen LogP contribution in [-0.4, -0.2) is 167 Å². The van der Waals surface area contributed by atoms with E-state index in [1.165, 1.54) is 100 Å². The molecule has 8 fully saturated rings. The van der Waals surface area contributed by atoms with Gasteiger partial charge in [0, 0.05) is 123 Å². The number of anilines is 1. The highest BCUT2D eigenvalue weighted by Crippen LogP contribution is 2.56. The van der Waals surface area contributed by atoms with Crippen molar-refractivity contribution in [1.82, 2.24) is 46.0 Å². The van der Waals surface area contributed by atoms with Crippen molar-refractivity contribution in [2.45, 2.75) is 205 Å². The summed E-state index contributed by atoms with van der Waals surface area (Å²) in [4.78, 5) is 47.0. The van der Waals surface area contributed by atoms with Gasteiger partial charge >= 0.3 is 0 Å². The first kappa shape index (κ1) is 59.2. The molecule has 8 unspecified atom stereocenters. The smallest absolute Gasteiger partial charge is 0.225 e. The average Bonchev–Trinajstić information content (AvgIpc) is 3.83. The van der Waals surface area contributed by atoms with Crippen LogP contribution in [0.25, 0.3) is 0 Å². The largest absolute Gasteiger partial charge is 0.489 e. The zero-order valence-corrected chi connectivity index (χ0v) is 51.8. The molecule has 0 spiro atoms. The molecule has 3 aliphatic carbocycles. The van der Waals surface area contributed by atoms with Crippen molar-refractivity contribution in [3.05, 3.63) is 58.6 Å². The monoisotopic (exact) mass is 1150 g/mol. The molecule has 6 heterocycles. The standard InChI is InChI=1S/C64H97ClN12O3S/c1-9-67-54(78)36-53-57-71-77(50-19-15-12-16-20-50)43(4)76(57)59-55(41(2)42(3)81-59)56(69-53)45-21-24-48(25-22-45)73-29-27-44(28-30-73)39-72-31-33-74(34-32-72)62-68-38-47(40-75(62)49-17-13-10-11-14-18-49)58(79)70-60-63(5,6)61(64(60,7)8)80-51-26-23-46(37-66)52(65)35-51/h21-26,35,41-44,47,49-50,53,55,57,59-62,68,71H,9-20,27-34,36,38-40H2,1-8H3,(H,67,78)(H,70,79)/t41?,42?,43?,47?,53-,55?,57?,59?,60?,61?,62?/m0/s1. The van der Waals surface area contributed by atoms with Gasteiger partial charge in [-0.05, 0) is 94.0 Å². The van der Waals surface area contributed by atoms with Crippen molar-refractivity contribution in [2.24, 2.45) is 39.5 Å². The highest BCUT2D eigenvalue weighted by molar-refractivity contribution is 8.00. The number of fused-ring (bicyclic) bond motifs is 3. The van der Waals surface area contributed by atoms with Crippen molar-refractivity contribution in [2.75, 3.05) is 70.3 Å². The molecule has 15 nitrogen and oxygen atoms in total. The Hall–Kier alpha value is -3.50. The van der Waals surface area contributed by atoms with Gasteiger partial charge in [0.05, 0.1) is 46.7 Å². The fourth-order valence-corrected chi connectivity index (χ4v) is 18.9. The van der Waals surface area contributed by atoms with E-state index in [4.69, 9.17) is 21.3 Å². The predicted octanol–water partition coefficient (Wildman–Crippen LogP) is 9.11. The fraction of sp³-hybridized carbons (Fsp3) is 0.750. The van der Waals surface area contributed by atoms with Crippen LogP contribution in [0.15, 0.2) is 47.5 Å². The number of nitriles is 1. The second-order valence-corrected chi connectivity index (χ2v) is 29.1. The molecular weight excluding hydrogens is 1050 g/mol. The Morgan fingerprint density at radius 2 is 1.53 bits per heavy atom. The summed E-state index contributed by atoms with van der Waals surface area (Å²) in [6.07, 6.45) is 16.9. The summed E-state index contributed by atoms with van der Waals surface area (Å²) in [5, 5.41) is 23.8. The lowest BCUT2D eigenvalue weighted by Crippen LogP contribution is -2.76. The van der Waals surface area contributed by atoms with E-state index in [9.17, 15) is 14.9 Å². The van der Waals surface area contributed by atoms with Crippen LogP contribution in [-0.2, 0) is 9.59 Å². The minimum Gasteiger partial charge on any atom is -0.489 e. The van der Waals surface area contributed by atoms with Gasteiger partial charge in [0.2, 0.25) is 11.8 Å². The Labute approximate surface area is 494 Å². The van der Waals surface area contributed by atoms with Crippen molar-refractivity contribution in [1.29, 1.82) is 5.26 Å². The quantitative estimate of drug-likeness (QED) is 0.134. The number of halogens is 1. The van der Waals surface area contributed by atoms with Crippen LogP contribution < -0.4 is 31.0 Å². The Kier molecular flexibility index (Phi) is 18.4. The number of nitrogens with zero attached hydrogens (tertiary/aromatic N) is 8. The van der Waals surface area contributed by atoms with E-state index in [2.05, 4.69) is 141 Å². The number of hydrazine groups is 1. The lowest BCUT2D eigenvalue weighted by Gasteiger charge is -2.63. The first-order valence-corrected chi connectivity index (χ1v) is 33.2. The molecule has 2 aromatic carbocycles. The average molecular weight is 1150 g/mol. The molecule has 0 aromatic heterocycles. The molecule has 5 saturated heterocycles. The van der Waals surface area contributed by atoms with Crippen LogP contribution in [0.2, 0.25) is 5.02 Å². The molecule has 11 rings (SSSR count). The number of ether oxygens (including phenoxy) is 1. The minimum atomic E-state index is -0.314. The van der Waals surface area contributed by atoms with Gasteiger partial charge in [-0.2, -0.15) is 5.26 Å². The molecular formula is C64H97ClN12O3S. The van der Waals surface area contributed by atoms with Crippen LogP contribution in [0.1, 0.15) is 156 Å². The predicted molar refractivity (Wildman–Crippen MR) is 327 cm³/mol. The summed E-state index contributed by atoms with van der Waals surface area (Å²) in [6.45, 7) is 27.6. The van der Waals surface area contributed by atoms with Crippen LogP contribution in [0.4, 0.5) is 5.69 Å². The number of thioether (sulfide) groups is 1. The first-order chi connectivity index (χ1) is 39.0. The Bertz CT molecular complexity index is 2550. The molecule has 81 heavy (non-hydrogen) atoms. The maximum atomic E-state index is 14.4. The second kappa shape index (κ2) is 25.2. The van der Waals surface area contributed by atoms with Gasteiger partial charge < -0.3 is 25.2 Å². The van der Waals surface area contributed by atoms with E-state index in [-0.39, 0.29) is 76.7 Å². The number of rotatable bonds is 14. The van der Waals surface area contributed by atoms with E-state index >= 15 is 0 Å². The molecule has 9 atom stereocenters. The number of hydrogen-bond donors (Lipinski definition) is 4. The van der Waals surface area contributed by atoms with Crippen LogP contribution in [0, 0.1) is 45.8 Å². The third-order valence-electron chi connectivity index (χ3n) is 21.2. The number of hydrogen-bond acceptors (Lipinski definition) is 14. The lowest BCUT2D eigenvalue weighted by atomic mass is 9.49. The lowest BCUT2D eigenvalue weighted by molar-refractivity contribution is -0.176. The van der Waals surface area contributed by atoms with Gasteiger partial charge in [0.25, 0.3) is 0 Å². The number of nitrogens with one attached hydrogen (secondary N) is 4. The highest BCUT2D eigenvalue weighted by Gasteiger charge is 2.64. The van der Waals surface area contributed by atoms with Gasteiger partial charge in [-0.15, -0.1) is 11.8 Å². The molecule has 3 saturated carbocycles. The number of benzene rings is 2. The van der Waals surface area contributed by atoms with Gasteiger partial charge in [-0.3, -0.25) is 34.6 Å². The number of aliphatic imine (C=N–C) groups is 1. The number of carbonyl (C=O) groups is 2. The molecule has 0 radical (unpaired) electrons. The zero-order chi connectivity index (χ0) is 56.7. The van der Waals surface area contributed by atoms with Gasteiger partial charge in [-0.1, -0.05) is 110 Å². The summed E-state index contributed by atoms with van der Waals surface area (Å²) in [5.74, 6) is 2.13. The van der Waals surface area contributed by atoms with Crippen LogP contribution >= 0.6 is 23.4 Å². The maximum Gasteiger partial charge on any atom is 0.225 e.